The van der Waals surface area contributed by atoms with Crippen molar-refractivity contribution in [1.82, 2.24) is 9.88 Å². The summed E-state index contributed by atoms with van der Waals surface area (Å²) < 4.78 is 31.8. The number of rotatable bonds is 4. The quantitative estimate of drug-likeness (QED) is 0.897. The molecule has 1 aromatic heterocycles. The largest absolute Gasteiger partial charge is 0.374 e. The fourth-order valence-corrected chi connectivity index (χ4v) is 3.82. The summed E-state index contributed by atoms with van der Waals surface area (Å²) in [7, 11) is -1.98. The number of fused-ring (bicyclic) bond motifs is 1. The molecule has 1 aromatic carbocycles. The summed E-state index contributed by atoms with van der Waals surface area (Å²) in [4.78, 5) is 14.1. The minimum absolute atomic E-state index is 0.0830. The number of aryl methyl sites for hydroxylation is 2. The van der Waals surface area contributed by atoms with Crippen LogP contribution < -0.4 is 9.62 Å². The third-order valence-corrected chi connectivity index (χ3v) is 5.36. The Labute approximate surface area is 140 Å². The zero-order valence-corrected chi connectivity index (χ0v) is 14.4. The molecule has 8 heteroatoms. The average molecular weight is 349 g/mol. The Kier molecular flexibility index (Phi) is 4.31. The lowest BCUT2D eigenvalue weighted by molar-refractivity contribution is -0.118. The SMILES string of the molecule is Cc1cc(CC(=O)NS(=O)(=O)c2ccc3c(c2)N(C)CCC3)no1. The molecule has 0 unspecified atom stereocenters. The molecule has 0 radical (unpaired) electrons. The van der Waals surface area contributed by atoms with E-state index >= 15 is 0 Å². The van der Waals surface area contributed by atoms with Crippen LogP contribution in [0.5, 0.6) is 0 Å². The molecule has 0 atom stereocenters. The zero-order valence-electron chi connectivity index (χ0n) is 13.6. The van der Waals surface area contributed by atoms with E-state index in [1.807, 2.05) is 18.0 Å². The number of hydrogen-bond donors (Lipinski definition) is 1. The number of aromatic nitrogens is 1. The summed E-state index contributed by atoms with van der Waals surface area (Å²) in [5.74, 6) is -0.0762. The highest BCUT2D eigenvalue weighted by Crippen LogP contribution is 2.28. The van der Waals surface area contributed by atoms with Gasteiger partial charge < -0.3 is 9.42 Å². The van der Waals surface area contributed by atoms with Gasteiger partial charge in [0, 0.05) is 25.3 Å². The maximum absolute atomic E-state index is 12.4. The lowest BCUT2D eigenvalue weighted by Gasteiger charge is -2.27. The van der Waals surface area contributed by atoms with Gasteiger partial charge in [0.15, 0.2) is 0 Å². The van der Waals surface area contributed by atoms with Crippen LogP contribution in [0.15, 0.2) is 33.7 Å². The van der Waals surface area contributed by atoms with E-state index in [1.165, 1.54) is 6.07 Å². The molecule has 1 aliphatic rings. The average Bonchev–Trinajstić information content (AvgIpc) is 2.91. The molecule has 2 heterocycles. The Morgan fingerprint density at radius 3 is 2.88 bits per heavy atom. The van der Waals surface area contributed by atoms with Crippen molar-refractivity contribution in [3.05, 3.63) is 41.3 Å². The van der Waals surface area contributed by atoms with Crippen molar-refractivity contribution in [3.8, 4) is 0 Å². The van der Waals surface area contributed by atoms with E-state index in [-0.39, 0.29) is 11.3 Å². The molecule has 0 bridgehead atoms. The Hall–Kier alpha value is -2.35. The third kappa shape index (κ3) is 3.43. The number of carbonyl (C=O) groups excluding carboxylic acids is 1. The van der Waals surface area contributed by atoms with Gasteiger partial charge in [0.25, 0.3) is 10.0 Å². The molecule has 1 amide bonds. The lowest BCUT2D eigenvalue weighted by Crippen LogP contribution is -2.32. The summed E-state index contributed by atoms with van der Waals surface area (Å²) >= 11 is 0. The summed E-state index contributed by atoms with van der Waals surface area (Å²) in [5, 5.41) is 3.69. The Balaban J connectivity index is 1.78. The maximum atomic E-state index is 12.4. The number of sulfonamides is 1. The predicted molar refractivity (Wildman–Crippen MR) is 88.3 cm³/mol. The number of benzene rings is 1. The summed E-state index contributed by atoms with van der Waals surface area (Å²) in [6.07, 6.45) is 1.82. The second kappa shape index (κ2) is 6.27. The molecule has 0 aliphatic carbocycles. The van der Waals surface area contributed by atoms with Crippen molar-refractivity contribution in [2.24, 2.45) is 0 Å². The van der Waals surface area contributed by atoms with E-state index in [1.54, 1.807) is 19.1 Å². The number of hydrogen-bond acceptors (Lipinski definition) is 6. The normalized spacial score (nSPS) is 14.3. The molecule has 1 N–H and O–H groups in total. The van der Waals surface area contributed by atoms with Crippen LogP contribution in [0.1, 0.15) is 23.4 Å². The first-order chi connectivity index (χ1) is 11.3. The second-order valence-corrected chi connectivity index (χ2v) is 7.63. The highest BCUT2D eigenvalue weighted by Gasteiger charge is 2.22. The van der Waals surface area contributed by atoms with Crippen LogP contribution in [0.2, 0.25) is 0 Å². The van der Waals surface area contributed by atoms with Gasteiger partial charge in [0.2, 0.25) is 5.91 Å². The molecular weight excluding hydrogens is 330 g/mol. The van der Waals surface area contributed by atoms with Gasteiger partial charge in [-0.05, 0) is 37.5 Å². The van der Waals surface area contributed by atoms with Crippen molar-refractivity contribution < 1.29 is 17.7 Å². The summed E-state index contributed by atoms with van der Waals surface area (Å²) in [6.45, 7) is 2.59. The minimum atomic E-state index is -3.91. The van der Waals surface area contributed by atoms with E-state index in [9.17, 15) is 13.2 Å². The van der Waals surface area contributed by atoms with Crippen LogP contribution >= 0.6 is 0 Å². The lowest BCUT2D eigenvalue weighted by atomic mass is 10.0. The van der Waals surface area contributed by atoms with Crippen molar-refractivity contribution in [3.63, 3.8) is 0 Å². The molecule has 24 heavy (non-hydrogen) atoms. The van der Waals surface area contributed by atoms with Crippen LogP contribution in [0.25, 0.3) is 0 Å². The van der Waals surface area contributed by atoms with Crippen molar-refractivity contribution in [2.45, 2.75) is 31.1 Å². The number of nitrogens with one attached hydrogen (secondary N) is 1. The maximum Gasteiger partial charge on any atom is 0.264 e. The molecular formula is C16H19N3O4S. The van der Waals surface area contributed by atoms with Crippen LogP contribution in [0.3, 0.4) is 0 Å². The highest BCUT2D eigenvalue weighted by atomic mass is 32.2. The fraction of sp³-hybridized carbons (Fsp3) is 0.375. The molecule has 0 spiro atoms. The molecule has 0 fully saturated rings. The molecule has 128 valence electrons. The molecule has 2 aromatic rings. The molecule has 1 aliphatic heterocycles. The van der Waals surface area contributed by atoms with E-state index in [0.717, 1.165) is 30.6 Å². The number of anilines is 1. The minimum Gasteiger partial charge on any atom is -0.374 e. The van der Waals surface area contributed by atoms with Gasteiger partial charge in [-0.15, -0.1) is 0 Å². The van der Waals surface area contributed by atoms with E-state index in [2.05, 4.69) is 9.88 Å². The standard InChI is InChI=1S/C16H19N3O4S/c1-11-8-13(17-23-11)9-16(20)18-24(21,22)14-6-5-12-4-3-7-19(2)15(12)10-14/h5-6,8,10H,3-4,7,9H2,1-2H3,(H,18,20). The van der Waals surface area contributed by atoms with Crippen molar-refractivity contribution in [2.75, 3.05) is 18.5 Å². The van der Waals surface area contributed by atoms with Crippen LogP contribution in [-0.4, -0.2) is 33.1 Å². The first-order valence-corrected chi connectivity index (χ1v) is 9.15. The summed E-state index contributed by atoms with van der Waals surface area (Å²) in [5.41, 5.74) is 2.40. The van der Waals surface area contributed by atoms with Gasteiger partial charge >= 0.3 is 0 Å². The predicted octanol–water partition coefficient (Wildman–Crippen LogP) is 1.41. The summed E-state index contributed by atoms with van der Waals surface area (Å²) in [6, 6.07) is 6.56. The molecule has 0 saturated carbocycles. The Morgan fingerprint density at radius 2 is 2.17 bits per heavy atom. The van der Waals surface area contributed by atoms with Crippen LogP contribution in [-0.2, 0) is 27.7 Å². The number of carbonyl (C=O) groups is 1. The molecule has 0 saturated heterocycles. The van der Waals surface area contributed by atoms with E-state index in [0.29, 0.717) is 11.5 Å². The Morgan fingerprint density at radius 1 is 1.38 bits per heavy atom. The topological polar surface area (TPSA) is 92.5 Å². The van der Waals surface area contributed by atoms with E-state index < -0.39 is 15.9 Å². The van der Waals surface area contributed by atoms with Crippen LogP contribution in [0, 0.1) is 6.92 Å². The number of amides is 1. The zero-order chi connectivity index (χ0) is 17.3. The fourth-order valence-electron chi connectivity index (χ4n) is 2.82. The number of nitrogens with zero attached hydrogens (tertiary/aromatic N) is 2. The van der Waals surface area contributed by atoms with Gasteiger partial charge in [-0.1, -0.05) is 11.2 Å². The van der Waals surface area contributed by atoms with Crippen molar-refractivity contribution >= 4 is 21.6 Å². The second-order valence-electron chi connectivity index (χ2n) is 5.95. The van der Waals surface area contributed by atoms with Gasteiger partial charge in [0.05, 0.1) is 17.0 Å². The third-order valence-electron chi connectivity index (χ3n) is 3.98. The first kappa shape index (κ1) is 16.5. The van der Waals surface area contributed by atoms with E-state index in [4.69, 9.17) is 4.52 Å². The van der Waals surface area contributed by atoms with Crippen molar-refractivity contribution in [1.29, 1.82) is 0 Å². The van der Waals surface area contributed by atoms with Gasteiger partial charge in [-0.2, -0.15) is 0 Å². The first-order valence-electron chi connectivity index (χ1n) is 7.67. The molecule has 7 nitrogen and oxygen atoms in total. The molecule has 3 rings (SSSR count). The van der Waals surface area contributed by atoms with Crippen LogP contribution in [0.4, 0.5) is 5.69 Å². The highest BCUT2D eigenvalue weighted by molar-refractivity contribution is 7.90. The Bertz CT molecular complexity index is 873. The van der Waals surface area contributed by atoms with Gasteiger partial charge in [-0.25, -0.2) is 13.1 Å². The van der Waals surface area contributed by atoms with Gasteiger partial charge in [-0.3, -0.25) is 4.79 Å². The monoisotopic (exact) mass is 349 g/mol. The smallest absolute Gasteiger partial charge is 0.264 e. The van der Waals surface area contributed by atoms with Gasteiger partial charge in [0.1, 0.15) is 5.76 Å².